The average molecular weight is 252 g/mol. The van der Waals surface area contributed by atoms with Gasteiger partial charge in [-0.1, -0.05) is 19.3 Å². The predicted molar refractivity (Wildman–Crippen MR) is 78.9 cm³/mol. The van der Waals surface area contributed by atoms with Crippen molar-refractivity contribution in [2.75, 3.05) is 20.1 Å². The Kier molecular flexibility index (Phi) is 5.08. The Morgan fingerprint density at radius 3 is 2.33 bits per heavy atom. The maximum atomic E-state index is 3.65. The Bertz CT molecular complexity index is 239. The summed E-state index contributed by atoms with van der Waals surface area (Å²) in [5.41, 5.74) is 0.453. The SMILES string of the molecule is CNC1(CCN(CC2CC2)C(C)C)CCCCC1. The van der Waals surface area contributed by atoms with Crippen LogP contribution >= 0.6 is 0 Å². The third kappa shape index (κ3) is 3.96. The number of hydrogen-bond acceptors (Lipinski definition) is 2. The molecule has 0 aromatic heterocycles. The minimum absolute atomic E-state index is 0.453. The van der Waals surface area contributed by atoms with E-state index >= 15 is 0 Å². The fraction of sp³-hybridized carbons (Fsp3) is 1.00. The average Bonchev–Trinajstić information content (AvgIpc) is 3.19. The van der Waals surface area contributed by atoms with Crippen LogP contribution in [0, 0.1) is 5.92 Å². The summed E-state index contributed by atoms with van der Waals surface area (Å²) in [6.45, 7) is 7.34. The molecule has 0 unspecified atom stereocenters. The maximum absolute atomic E-state index is 3.65. The monoisotopic (exact) mass is 252 g/mol. The molecule has 2 nitrogen and oxygen atoms in total. The second-order valence-electron chi connectivity index (χ2n) is 6.87. The molecular weight excluding hydrogens is 220 g/mol. The van der Waals surface area contributed by atoms with Crippen molar-refractivity contribution in [1.82, 2.24) is 10.2 Å². The first-order valence-corrected chi connectivity index (χ1v) is 8.08. The van der Waals surface area contributed by atoms with Crippen molar-refractivity contribution in [3.05, 3.63) is 0 Å². The molecule has 2 aliphatic carbocycles. The van der Waals surface area contributed by atoms with Crippen molar-refractivity contribution in [3.8, 4) is 0 Å². The smallest absolute Gasteiger partial charge is 0.0190 e. The van der Waals surface area contributed by atoms with E-state index in [1.165, 1.54) is 64.5 Å². The first-order chi connectivity index (χ1) is 8.65. The molecule has 0 heterocycles. The van der Waals surface area contributed by atoms with E-state index in [1.807, 2.05) is 0 Å². The molecule has 2 aliphatic rings. The van der Waals surface area contributed by atoms with Gasteiger partial charge in [0, 0.05) is 24.7 Å². The van der Waals surface area contributed by atoms with Gasteiger partial charge in [0.2, 0.25) is 0 Å². The van der Waals surface area contributed by atoms with Crippen molar-refractivity contribution < 1.29 is 0 Å². The van der Waals surface area contributed by atoms with Crippen LogP contribution < -0.4 is 5.32 Å². The third-order valence-corrected chi connectivity index (χ3v) is 5.14. The lowest BCUT2D eigenvalue weighted by molar-refractivity contribution is 0.156. The quantitative estimate of drug-likeness (QED) is 0.747. The van der Waals surface area contributed by atoms with E-state index in [0.717, 1.165) is 5.92 Å². The first kappa shape index (κ1) is 14.3. The van der Waals surface area contributed by atoms with Crippen molar-refractivity contribution in [1.29, 1.82) is 0 Å². The summed E-state index contributed by atoms with van der Waals surface area (Å²) in [5, 5.41) is 3.65. The molecule has 0 atom stereocenters. The van der Waals surface area contributed by atoms with Gasteiger partial charge < -0.3 is 10.2 Å². The molecule has 0 aliphatic heterocycles. The molecule has 0 aromatic rings. The zero-order valence-corrected chi connectivity index (χ0v) is 12.7. The fourth-order valence-electron chi connectivity index (χ4n) is 3.40. The van der Waals surface area contributed by atoms with Crippen LogP contribution in [0.15, 0.2) is 0 Å². The van der Waals surface area contributed by atoms with Crippen LogP contribution in [0.3, 0.4) is 0 Å². The molecule has 2 heteroatoms. The van der Waals surface area contributed by atoms with Crippen LogP contribution in [0.5, 0.6) is 0 Å². The van der Waals surface area contributed by atoms with E-state index in [0.29, 0.717) is 11.6 Å². The molecule has 0 aromatic carbocycles. The number of hydrogen-bond donors (Lipinski definition) is 1. The first-order valence-electron chi connectivity index (χ1n) is 8.08. The maximum Gasteiger partial charge on any atom is 0.0190 e. The molecule has 2 saturated carbocycles. The molecule has 0 saturated heterocycles. The van der Waals surface area contributed by atoms with Crippen molar-refractivity contribution in [2.45, 2.75) is 76.8 Å². The Hall–Kier alpha value is -0.0800. The van der Waals surface area contributed by atoms with E-state index in [9.17, 15) is 0 Å². The zero-order valence-electron chi connectivity index (χ0n) is 12.7. The summed E-state index contributed by atoms with van der Waals surface area (Å²) in [4.78, 5) is 2.71. The van der Waals surface area contributed by atoms with Crippen LogP contribution in [-0.2, 0) is 0 Å². The Labute approximate surface area is 114 Å². The molecule has 18 heavy (non-hydrogen) atoms. The van der Waals surface area contributed by atoms with Gasteiger partial charge in [0.25, 0.3) is 0 Å². The van der Waals surface area contributed by atoms with Crippen LogP contribution in [0.1, 0.15) is 65.2 Å². The van der Waals surface area contributed by atoms with Gasteiger partial charge in [-0.2, -0.15) is 0 Å². The van der Waals surface area contributed by atoms with Gasteiger partial charge in [-0.15, -0.1) is 0 Å². The van der Waals surface area contributed by atoms with Crippen LogP contribution in [0.4, 0.5) is 0 Å². The predicted octanol–water partition coefficient (Wildman–Crippen LogP) is 3.42. The molecule has 0 amide bonds. The van der Waals surface area contributed by atoms with Crippen LogP contribution in [-0.4, -0.2) is 36.6 Å². The highest BCUT2D eigenvalue weighted by molar-refractivity contribution is 4.91. The van der Waals surface area contributed by atoms with E-state index in [2.05, 4.69) is 31.1 Å². The van der Waals surface area contributed by atoms with Crippen LogP contribution in [0.25, 0.3) is 0 Å². The van der Waals surface area contributed by atoms with E-state index in [-0.39, 0.29) is 0 Å². The summed E-state index contributed by atoms with van der Waals surface area (Å²) in [6, 6.07) is 0.711. The summed E-state index contributed by atoms with van der Waals surface area (Å²) in [5.74, 6) is 1.02. The van der Waals surface area contributed by atoms with E-state index < -0.39 is 0 Å². The Morgan fingerprint density at radius 1 is 1.17 bits per heavy atom. The van der Waals surface area contributed by atoms with Gasteiger partial charge in [0.05, 0.1) is 0 Å². The minimum atomic E-state index is 0.453. The lowest BCUT2D eigenvalue weighted by Crippen LogP contribution is -2.48. The van der Waals surface area contributed by atoms with Gasteiger partial charge in [-0.25, -0.2) is 0 Å². The molecular formula is C16H32N2. The number of rotatable bonds is 7. The summed E-state index contributed by atoms with van der Waals surface area (Å²) in [6.07, 6.45) is 11.3. The zero-order chi connectivity index (χ0) is 13.0. The Balaban J connectivity index is 1.82. The third-order valence-electron chi connectivity index (χ3n) is 5.14. The molecule has 2 rings (SSSR count). The largest absolute Gasteiger partial charge is 0.314 e. The summed E-state index contributed by atoms with van der Waals surface area (Å²) < 4.78 is 0. The van der Waals surface area contributed by atoms with E-state index in [1.54, 1.807) is 0 Å². The lowest BCUT2D eigenvalue weighted by atomic mass is 9.79. The normalized spacial score (nSPS) is 23.8. The Morgan fingerprint density at radius 2 is 1.83 bits per heavy atom. The highest BCUT2D eigenvalue weighted by atomic mass is 15.2. The lowest BCUT2D eigenvalue weighted by Gasteiger charge is -2.39. The van der Waals surface area contributed by atoms with Crippen molar-refractivity contribution in [3.63, 3.8) is 0 Å². The molecule has 106 valence electrons. The van der Waals surface area contributed by atoms with Gasteiger partial charge in [0.1, 0.15) is 0 Å². The fourth-order valence-corrected chi connectivity index (χ4v) is 3.40. The van der Waals surface area contributed by atoms with Gasteiger partial charge in [-0.05, 0) is 58.9 Å². The molecule has 1 N–H and O–H groups in total. The van der Waals surface area contributed by atoms with Crippen molar-refractivity contribution in [2.24, 2.45) is 5.92 Å². The van der Waals surface area contributed by atoms with Gasteiger partial charge in [0.15, 0.2) is 0 Å². The standard InChI is InChI=1S/C16H32N2/c1-14(2)18(13-15-7-8-15)12-11-16(17-3)9-5-4-6-10-16/h14-15,17H,4-13H2,1-3H3. The highest BCUT2D eigenvalue weighted by Gasteiger charge is 2.32. The second-order valence-corrected chi connectivity index (χ2v) is 6.87. The topological polar surface area (TPSA) is 15.3 Å². The molecule has 0 radical (unpaired) electrons. The van der Waals surface area contributed by atoms with Crippen molar-refractivity contribution >= 4 is 0 Å². The van der Waals surface area contributed by atoms with E-state index in [4.69, 9.17) is 0 Å². The molecule has 0 spiro atoms. The number of nitrogens with zero attached hydrogens (tertiary/aromatic N) is 1. The molecule has 0 bridgehead atoms. The molecule has 2 fully saturated rings. The second kappa shape index (κ2) is 6.38. The van der Waals surface area contributed by atoms with Crippen LogP contribution in [0.2, 0.25) is 0 Å². The number of nitrogens with one attached hydrogen (secondary N) is 1. The van der Waals surface area contributed by atoms with Gasteiger partial charge >= 0.3 is 0 Å². The summed E-state index contributed by atoms with van der Waals surface area (Å²) >= 11 is 0. The van der Waals surface area contributed by atoms with Gasteiger partial charge in [-0.3, -0.25) is 0 Å². The minimum Gasteiger partial charge on any atom is -0.314 e. The summed E-state index contributed by atoms with van der Waals surface area (Å²) in [7, 11) is 2.17. The highest BCUT2D eigenvalue weighted by Crippen LogP contribution is 2.33.